The van der Waals surface area contributed by atoms with Crippen molar-refractivity contribution in [1.82, 2.24) is 9.80 Å². The van der Waals surface area contributed by atoms with Crippen LogP contribution in [0, 0.1) is 11.8 Å². The third-order valence-corrected chi connectivity index (χ3v) is 5.59. The Bertz CT molecular complexity index is 272. The Hall–Kier alpha value is -0.0800. The fourth-order valence-electron chi connectivity index (χ4n) is 4.43. The van der Waals surface area contributed by atoms with Crippen molar-refractivity contribution in [2.75, 3.05) is 19.6 Å². The number of fused-ring (bicyclic) bond motifs is 1. The van der Waals surface area contributed by atoms with Gasteiger partial charge in [-0.1, -0.05) is 26.2 Å². The zero-order valence-electron chi connectivity index (χ0n) is 12.3. The summed E-state index contributed by atoms with van der Waals surface area (Å²) in [6, 6.07) is 0.794. The van der Waals surface area contributed by atoms with Crippen LogP contribution in [-0.2, 0) is 0 Å². The van der Waals surface area contributed by atoms with Gasteiger partial charge in [0.2, 0.25) is 0 Å². The molecule has 3 aliphatic rings. The van der Waals surface area contributed by atoms with E-state index in [0.29, 0.717) is 0 Å². The summed E-state index contributed by atoms with van der Waals surface area (Å²) in [6.07, 6.45) is 11.0. The van der Waals surface area contributed by atoms with Crippen molar-refractivity contribution in [3.63, 3.8) is 0 Å². The van der Waals surface area contributed by atoms with Crippen LogP contribution in [0.15, 0.2) is 0 Å². The molecule has 0 aromatic rings. The summed E-state index contributed by atoms with van der Waals surface area (Å²) in [5, 5.41) is 0. The van der Waals surface area contributed by atoms with Gasteiger partial charge >= 0.3 is 0 Å². The first kappa shape index (κ1) is 12.9. The average Bonchev–Trinajstić information content (AvgIpc) is 2.67. The van der Waals surface area contributed by atoms with Gasteiger partial charge in [0.05, 0.1) is 6.17 Å². The molecule has 0 spiro atoms. The molecule has 3 rings (SSSR count). The number of nitrogens with zero attached hydrogens (tertiary/aromatic N) is 2. The minimum atomic E-state index is 0.783. The lowest BCUT2D eigenvalue weighted by Gasteiger charge is -2.39. The minimum Gasteiger partial charge on any atom is -0.286 e. The van der Waals surface area contributed by atoms with Gasteiger partial charge in [-0.05, 0) is 51.0 Å². The smallest absolute Gasteiger partial charge is 0.0628 e. The van der Waals surface area contributed by atoms with Gasteiger partial charge in [-0.2, -0.15) is 0 Å². The molecule has 3 unspecified atom stereocenters. The average molecular weight is 250 g/mol. The lowest BCUT2D eigenvalue weighted by Crippen LogP contribution is -2.46. The van der Waals surface area contributed by atoms with Crippen molar-refractivity contribution >= 4 is 0 Å². The van der Waals surface area contributed by atoms with Crippen molar-refractivity contribution in [2.24, 2.45) is 11.8 Å². The van der Waals surface area contributed by atoms with Crippen LogP contribution in [0.25, 0.3) is 0 Å². The minimum absolute atomic E-state index is 0.783. The largest absolute Gasteiger partial charge is 0.286 e. The second kappa shape index (κ2) is 5.50. The third kappa shape index (κ3) is 2.60. The molecule has 2 heteroatoms. The molecule has 2 nitrogen and oxygen atoms in total. The molecule has 1 saturated carbocycles. The van der Waals surface area contributed by atoms with Crippen LogP contribution in [0.3, 0.4) is 0 Å². The van der Waals surface area contributed by atoms with Crippen LogP contribution in [0.5, 0.6) is 0 Å². The van der Waals surface area contributed by atoms with Crippen LogP contribution >= 0.6 is 0 Å². The van der Waals surface area contributed by atoms with E-state index in [1.807, 2.05) is 0 Å². The maximum atomic E-state index is 2.85. The quantitative estimate of drug-likeness (QED) is 0.742. The molecule has 0 aromatic carbocycles. The Morgan fingerprint density at radius 1 is 1.00 bits per heavy atom. The highest BCUT2D eigenvalue weighted by Gasteiger charge is 2.40. The molecule has 0 radical (unpaired) electrons. The van der Waals surface area contributed by atoms with Crippen LogP contribution in [-0.4, -0.2) is 41.6 Å². The van der Waals surface area contributed by atoms with Gasteiger partial charge in [0.25, 0.3) is 0 Å². The number of rotatable bonds is 2. The highest BCUT2D eigenvalue weighted by Crippen LogP contribution is 2.34. The molecular weight excluding hydrogens is 220 g/mol. The highest BCUT2D eigenvalue weighted by molar-refractivity contribution is 4.92. The SMILES string of the molecule is CC1CCN2CC(C)N(CC3CCCCC3)C2C1. The lowest BCUT2D eigenvalue weighted by molar-refractivity contribution is 0.0511. The normalized spacial score (nSPS) is 40.0. The summed E-state index contributed by atoms with van der Waals surface area (Å²) in [7, 11) is 0. The molecule has 3 fully saturated rings. The van der Waals surface area contributed by atoms with Gasteiger partial charge in [0, 0.05) is 19.1 Å². The molecule has 1 aliphatic carbocycles. The van der Waals surface area contributed by atoms with Gasteiger partial charge in [-0.15, -0.1) is 0 Å². The molecule has 2 heterocycles. The van der Waals surface area contributed by atoms with Crippen molar-refractivity contribution in [1.29, 1.82) is 0 Å². The van der Waals surface area contributed by atoms with E-state index in [1.54, 1.807) is 0 Å². The van der Waals surface area contributed by atoms with Crippen molar-refractivity contribution in [3.05, 3.63) is 0 Å². The van der Waals surface area contributed by atoms with Crippen LogP contribution < -0.4 is 0 Å². The van der Waals surface area contributed by atoms with E-state index >= 15 is 0 Å². The Kier molecular flexibility index (Phi) is 3.95. The van der Waals surface area contributed by atoms with E-state index in [9.17, 15) is 0 Å². The highest BCUT2D eigenvalue weighted by atomic mass is 15.4. The first-order valence-corrected chi connectivity index (χ1v) is 8.24. The van der Waals surface area contributed by atoms with Crippen LogP contribution in [0.4, 0.5) is 0 Å². The van der Waals surface area contributed by atoms with E-state index < -0.39 is 0 Å². The third-order valence-electron chi connectivity index (χ3n) is 5.59. The van der Waals surface area contributed by atoms with Crippen molar-refractivity contribution in [3.8, 4) is 0 Å². The summed E-state index contributed by atoms with van der Waals surface area (Å²) in [6.45, 7) is 8.95. The van der Waals surface area contributed by atoms with Crippen molar-refractivity contribution in [2.45, 2.75) is 71.0 Å². The summed E-state index contributed by atoms with van der Waals surface area (Å²) < 4.78 is 0. The summed E-state index contributed by atoms with van der Waals surface area (Å²) in [5.74, 6) is 1.93. The maximum absolute atomic E-state index is 2.85. The molecule has 18 heavy (non-hydrogen) atoms. The topological polar surface area (TPSA) is 6.48 Å². The van der Waals surface area contributed by atoms with Crippen LogP contribution in [0.1, 0.15) is 58.8 Å². The van der Waals surface area contributed by atoms with Gasteiger partial charge in [0.1, 0.15) is 0 Å². The summed E-state index contributed by atoms with van der Waals surface area (Å²) >= 11 is 0. The van der Waals surface area contributed by atoms with Gasteiger partial charge in [-0.25, -0.2) is 0 Å². The summed E-state index contributed by atoms with van der Waals surface area (Å²) in [4.78, 5) is 5.61. The molecule has 104 valence electrons. The lowest BCUT2D eigenvalue weighted by atomic mass is 9.88. The maximum Gasteiger partial charge on any atom is 0.0628 e. The fourth-order valence-corrected chi connectivity index (χ4v) is 4.43. The first-order valence-electron chi connectivity index (χ1n) is 8.24. The Labute approximate surface area is 113 Å². The zero-order chi connectivity index (χ0) is 12.5. The second-order valence-corrected chi connectivity index (χ2v) is 7.15. The van der Waals surface area contributed by atoms with E-state index in [1.165, 1.54) is 64.6 Å². The standard InChI is InChI=1S/C16H30N2/c1-13-8-9-17-11-14(2)18(16(17)10-13)12-15-6-4-3-5-7-15/h13-16H,3-12H2,1-2H3. The number of piperidine rings is 1. The summed E-state index contributed by atoms with van der Waals surface area (Å²) in [5.41, 5.74) is 0. The molecule has 0 bridgehead atoms. The molecule has 0 N–H and O–H groups in total. The Balaban J connectivity index is 1.62. The predicted molar refractivity (Wildman–Crippen MR) is 76.5 cm³/mol. The molecule has 0 aromatic heterocycles. The van der Waals surface area contributed by atoms with Gasteiger partial charge < -0.3 is 0 Å². The number of hydrogen-bond donors (Lipinski definition) is 0. The molecular formula is C16H30N2. The zero-order valence-corrected chi connectivity index (χ0v) is 12.3. The van der Waals surface area contributed by atoms with Gasteiger partial charge in [-0.3, -0.25) is 9.80 Å². The molecule has 0 amide bonds. The molecule has 3 atom stereocenters. The number of hydrogen-bond acceptors (Lipinski definition) is 2. The Morgan fingerprint density at radius 2 is 1.78 bits per heavy atom. The van der Waals surface area contributed by atoms with E-state index in [4.69, 9.17) is 0 Å². The molecule has 2 aliphatic heterocycles. The monoisotopic (exact) mass is 250 g/mol. The predicted octanol–water partition coefficient (Wildman–Crippen LogP) is 3.33. The first-order chi connectivity index (χ1) is 8.74. The molecule has 2 saturated heterocycles. The second-order valence-electron chi connectivity index (χ2n) is 7.15. The van der Waals surface area contributed by atoms with E-state index in [2.05, 4.69) is 23.6 Å². The Morgan fingerprint density at radius 3 is 2.56 bits per heavy atom. The van der Waals surface area contributed by atoms with E-state index in [0.717, 1.165) is 24.0 Å². The fraction of sp³-hybridized carbons (Fsp3) is 1.00. The van der Waals surface area contributed by atoms with Crippen LogP contribution in [0.2, 0.25) is 0 Å². The van der Waals surface area contributed by atoms with Gasteiger partial charge in [0.15, 0.2) is 0 Å². The van der Waals surface area contributed by atoms with E-state index in [-0.39, 0.29) is 0 Å². The van der Waals surface area contributed by atoms with Crippen molar-refractivity contribution < 1.29 is 0 Å².